The molecule has 0 aliphatic heterocycles. The van der Waals surface area contributed by atoms with E-state index in [0.29, 0.717) is 24.4 Å². The fourth-order valence-electron chi connectivity index (χ4n) is 2.56. The number of nitriles is 1. The van der Waals surface area contributed by atoms with Gasteiger partial charge in [-0.3, -0.25) is 4.79 Å². The number of hydrogen-bond donors (Lipinski definition) is 1. The smallest absolute Gasteiger partial charge is 0.267 e. The molecule has 0 atom stereocenters. The summed E-state index contributed by atoms with van der Waals surface area (Å²) in [6, 6.07) is 14.7. The van der Waals surface area contributed by atoms with Crippen molar-refractivity contribution >= 4 is 21.6 Å². The number of amides is 1. The number of rotatable bonds is 7. The molecule has 0 aromatic heterocycles. The van der Waals surface area contributed by atoms with Crippen molar-refractivity contribution in [2.75, 3.05) is 13.1 Å². The Labute approximate surface area is 165 Å². The molecule has 0 aliphatic carbocycles. The van der Waals surface area contributed by atoms with E-state index in [0.717, 1.165) is 5.56 Å². The van der Waals surface area contributed by atoms with E-state index in [1.165, 1.54) is 28.6 Å². The predicted octanol–water partition coefficient (Wildman–Crippen LogP) is 2.74. The molecule has 0 radical (unpaired) electrons. The Morgan fingerprint density at radius 2 is 1.75 bits per heavy atom. The first-order valence-electron chi connectivity index (χ1n) is 8.78. The summed E-state index contributed by atoms with van der Waals surface area (Å²) >= 11 is 0. The van der Waals surface area contributed by atoms with Crippen molar-refractivity contribution in [2.24, 2.45) is 5.10 Å². The van der Waals surface area contributed by atoms with Gasteiger partial charge >= 0.3 is 0 Å². The average Bonchev–Trinajstić information content (AvgIpc) is 2.72. The summed E-state index contributed by atoms with van der Waals surface area (Å²) in [4.78, 5) is 12.5. The van der Waals surface area contributed by atoms with Crippen LogP contribution in [-0.2, 0) is 10.0 Å². The summed E-state index contributed by atoms with van der Waals surface area (Å²) in [7, 11) is -3.65. The number of hydrazone groups is 1. The highest BCUT2D eigenvalue weighted by molar-refractivity contribution is 7.89. The number of carbonyl (C=O) groups excluding carboxylic acids is 1. The highest BCUT2D eigenvalue weighted by Crippen LogP contribution is 2.17. The molecule has 2 rings (SSSR count). The molecule has 2 aromatic carbocycles. The zero-order chi connectivity index (χ0) is 20.7. The lowest BCUT2D eigenvalue weighted by atomic mass is 10.1. The van der Waals surface area contributed by atoms with Gasteiger partial charge in [0.2, 0.25) is 10.0 Å². The van der Waals surface area contributed by atoms with Crippen LogP contribution in [-0.4, -0.2) is 37.4 Å². The highest BCUT2D eigenvalue weighted by atomic mass is 32.2. The molecule has 0 heterocycles. The third-order valence-electron chi connectivity index (χ3n) is 4.20. The van der Waals surface area contributed by atoms with Crippen LogP contribution >= 0.6 is 0 Å². The summed E-state index contributed by atoms with van der Waals surface area (Å²) < 4.78 is 26.6. The summed E-state index contributed by atoms with van der Waals surface area (Å²) in [5.74, 6) is -0.510. The first-order chi connectivity index (χ1) is 13.3. The van der Waals surface area contributed by atoms with Crippen LogP contribution in [0.5, 0.6) is 0 Å². The van der Waals surface area contributed by atoms with Crippen LogP contribution < -0.4 is 5.43 Å². The number of carbonyl (C=O) groups is 1. The van der Waals surface area contributed by atoms with Crippen LogP contribution in [0.15, 0.2) is 58.5 Å². The first-order valence-corrected chi connectivity index (χ1v) is 10.2. The van der Waals surface area contributed by atoms with Crippen LogP contribution in [0.4, 0.5) is 0 Å². The Bertz CT molecular complexity index is 1020. The molecule has 1 N–H and O–H groups in total. The molecule has 8 heteroatoms. The van der Waals surface area contributed by atoms with Crippen LogP contribution in [0.1, 0.15) is 42.3 Å². The Hall–Kier alpha value is -3.02. The minimum Gasteiger partial charge on any atom is -0.267 e. The normalized spacial score (nSPS) is 11.9. The van der Waals surface area contributed by atoms with Gasteiger partial charge in [-0.1, -0.05) is 32.0 Å². The molecule has 0 aliphatic rings. The maximum absolute atomic E-state index is 12.6. The van der Waals surface area contributed by atoms with E-state index < -0.39 is 15.9 Å². The third-order valence-corrected chi connectivity index (χ3v) is 6.24. The number of benzene rings is 2. The standard InChI is InChI=1S/C20H22N4O3S/c1-4-24(5-2)28(26,27)19-8-6-7-18(13-19)20(25)23-22-15(3)17-11-9-16(14-21)10-12-17/h6-13H,4-5H2,1-3H3,(H,23,25). The van der Waals surface area contributed by atoms with E-state index in [1.807, 2.05) is 6.07 Å². The molecule has 2 aromatic rings. The summed E-state index contributed by atoms with van der Waals surface area (Å²) in [6.07, 6.45) is 0. The second-order valence-corrected chi connectivity index (χ2v) is 7.88. The predicted molar refractivity (Wildman–Crippen MR) is 107 cm³/mol. The largest absolute Gasteiger partial charge is 0.271 e. The van der Waals surface area contributed by atoms with Crippen molar-refractivity contribution in [1.29, 1.82) is 5.26 Å². The number of nitrogens with one attached hydrogen (secondary N) is 1. The van der Waals surface area contributed by atoms with E-state index in [1.54, 1.807) is 45.0 Å². The van der Waals surface area contributed by atoms with E-state index in [4.69, 9.17) is 5.26 Å². The van der Waals surface area contributed by atoms with Crippen molar-refractivity contribution in [3.8, 4) is 6.07 Å². The topological polar surface area (TPSA) is 103 Å². The number of hydrogen-bond acceptors (Lipinski definition) is 5. The molecule has 28 heavy (non-hydrogen) atoms. The minimum absolute atomic E-state index is 0.0663. The van der Waals surface area contributed by atoms with Gasteiger partial charge in [-0.25, -0.2) is 13.8 Å². The Morgan fingerprint density at radius 1 is 1.11 bits per heavy atom. The fourth-order valence-corrected chi connectivity index (χ4v) is 4.06. The lowest BCUT2D eigenvalue weighted by Gasteiger charge is -2.18. The van der Waals surface area contributed by atoms with Crippen molar-refractivity contribution in [2.45, 2.75) is 25.7 Å². The van der Waals surface area contributed by atoms with Crippen LogP contribution in [0.3, 0.4) is 0 Å². The van der Waals surface area contributed by atoms with Gasteiger partial charge < -0.3 is 0 Å². The van der Waals surface area contributed by atoms with Crippen LogP contribution in [0.25, 0.3) is 0 Å². The molecule has 0 bridgehead atoms. The highest BCUT2D eigenvalue weighted by Gasteiger charge is 2.22. The van der Waals surface area contributed by atoms with Crippen LogP contribution in [0.2, 0.25) is 0 Å². The molecule has 0 spiro atoms. The SMILES string of the molecule is CCN(CC)S(=O)(=O)c1cccc(C(=O)NN=C(C)c2ccc(C#N)cc2)c1. The number of sulfonamides is 1. The second-order valence-electron chi connectivity index (χ2n) is 5.94. The maximum Gasteiger partial charge on any atom is 0.271 e. The lowest BCUT2D eigenvalue weighted by Crippen LogP contribution is -2.30. The first kappa shape index (κ1) is 21.3. The molecular formula is C20H22N4O3S. The van der Waals surface area contributed by atoms with Crippen molar-refractivity contribution in [3.05, 3.63) is 65.2 Å². The quantitative estimate of drug-likeness (QED) is 0.572. The molecule has 0 saturated carbocycles. The number of nitrogens with zero attached hydrogens (tertiary/aromatic N) is 3. The van der Waals surface area contributed by atoms with Gasteiger partial charge in [-0.05, 0) is 42.8 Å². The minimum atomic E-state index is -3.65. The van der Waals surface area contributed by atoms with Gasteiger partial charge in [0.15, 0.2) is 0 Å². The van der Waals surface area contributed by atoms with E-state index in [-0.39, 0.29) is 10.5 Å². The van der Waals surface area contributed by atoms with Gasteiger partial charge in [-0.2, -0.15) is 14.7 Å². The molecule has 0 saturated heterocycles. The molecule has 1 amide bonds. The van der Waals surface area contributed by atoms with E-state index >= 15 is 0 Å². The zero-order valence-electron chi connectivity index (χ0n) is 16.0. The molecule has 7 nitrogen and oxygen atoms in total. The fraction of sp³-hybridized carbons (Fsp3) is 0.250. The molecular weight excluding hydrogens is 376 g/mol. The third kappa shape index (κ3) is 4.82. The van der Waals surface area contributed by atoms with Crippen molar-refractivity contribution in [3.63, 3.8) is 0 Å². The lowest BCUT2D eigenvalue weighted by molar-refractivity contribution is 0.0954. The van der Waals surface area contributed by atoms with E-state index in [9.17, 15) is 13.2 Å². The van der Waals surface area contributed by atoms with Crippen LogP contribution in [0, 0.1) is 11.3 Å². The monoisotopic (exact) mass is 398 g/mol. The summed E-state index contributed by atoms with van der Waals surface area (Å²) in [5.41, 5.74) is 4.49. The van der Waals surface area contributed by atoms with Gasteiger partial charge in [0.25, 0.3) is 5.91 Å². The van der Waals surface area contributed by atoms with E-state index in [2.05, 4.69) is 10.5 Å². The Morgan fingerprint density at radius 3 is 2.32 bits per heavy atom. The molecule has 0 unspecified atom stereocenters. The van der Waals surface area contributed by atoms with Crippen molar-refractivity contribution in [1.82, 2.24) is 9.73 Å². The van der Waals surface area contributed by atoms with Gasteiger partial charge in [-0.15, -0.1) is 0 Å². The second kappa shape index (κ2) is 9.26. The molecule has 146 valence electrons. The summed E-state index contributed by atoms with van der Waals surface area (Å²) in [5, 5.41) is 12.9. The Balaban J connectivity index is 2.20. The van der Waals surface area contributed by atoms with Gasteiger partial charge in [0.05, 0.1) is 22.2 Å². The van der Waals surface area contributed by atoms with Crippen molar-refractivity contribution < 1.29 is 13.2 Å². The van der Waals surface area contributed by atoms with Gasteiger partial charge in [0, 0.05) is 18.7 Å². The summed E-state index contributed by atoms with van der Waals surface area (Å²) in [6.45, 7) is 5.95. The Kier molecular flexibility index (Phi) is 7.04. The average molecular weight is 398 g/mol. The zero-order valence-corrected chi connectivity index (χ0v) is 16.8. The molecule has 0 fully saturated rings. The van der Waals surface area contributed by atoms with Gasteiger partial charge in [0.1, 0.15) is 0 Å². The maximum atomic E-state index is 12.6.